The first kappa shape index (κ1) is 19.8. The standard InChI is InChI=1S/C24H26O4/c1-5-28-24(18-6-12-21(25-2)13-7-18,19-8-14-22(26-3)15-9-19)20-10-16-23(27-4)17-11-20/h6-17H,5H2,1-4H3. The number of hydrogen-bond donors (Lipinski definition) is 0. The maximum absolute atomic E-state index is 6.49. The summed E-state index contributed by atoms with van der Waals surface area (Å²) < 4.78 is 22.5. The molecule has 28 heavy (non-hydrogen) atoms. The highest BCUT2D eigenvalue weighted by atomic mass is 16.5. The molecule has 3 aromatic rings. The van der Waals surface area contributed by atoms with E-state index in [9.17, 15) is 0 Å². The maximum atomic E-state index is 6.49. The number of ether oxygens (including phenoxy) is 4. The Morgan fingerprint density at radius 3 is 1.04 bits per heavy atom. The molecule has 3 rings (SSSR count). The number of methoxy groups -OCH3 is 3. The van der Waals surface area contributed by atoms with E-state index in [0.29, 0.717) is 6.61 Å². The molecule has 0 atom stereocenters. The summed E-state index contributed by atoms with van der Waals surface area (Å²) in [6, 6.07) is 24.0. The molecule has 0 heterocycles. The van der Waals surface area contributed by atoms with Crippen molar-refractivity contribution in [3.05, 3.63) is 89.5 Å². The molecule has 0 aliphatic rings. The van der Waals surface area contributed by atoms with E-state index >= 15 is 0 Å². The second-order valence-corrected chi connectivity index (χ2v) is 6.30. The van der Waals surface area contributed by atoms with Gasteiger partial charge < -0.3 is 18.9 Å². The van der Waals surface area contributed by atoms with Crippen molar-refractivity contribution in [2.75, 3.05) is 27.9 Å². The highest BCUT2D eigenvalue weighted by Gasteiger charge is 2.37. The minimum atomic E-state index is -0.764. The average Bonchev–Trinajstić information content (AvgIpc) is 2.78. The first-order valence-corrected chi connectivity index (χ1v) is 9.25. The highest BCUT2D eigenvalue weighted by molar-refractivity contribution is 5.50. The van der Waals surface area contributed by atoms with Crippen LogP contribution in [-0.4, -0.2) is 27.9 Å². The van der Waals surface area contributed by atoms with E-state index in [4.69, 9.17) is 18.9 Å². The second-order valence-electron chi connectivity index (χ2n) is 6.30. The molecule has 0 aromatic heterocycles. The SMILES string of the molecule is CCOC(c1ccc(OC)cc1)(c1ccc(OC)cc1)c1ccc(OC)cc1. The summed E-state index contributed by atoms with van der Waals surface area (Å²) in [4.78, 5) is 0. The molecule has 0 aliphatic heterocycles. The summed E-state index contributed by atoms with van der Waals surface area (Å²) in [6.07, 6.45) is 0. The Morgan fingerprint density at radius 1 is 0.536 bits per heavy atom. The van der Waals surface area contributed by atoms with Crippen LogP contribution in [0.15, 0.2) is 72.8 Å². The van der Waals surface area contributed by atoms with E-state index in [2.05, 4.69) is 0 Å². The zero-order chi connectivity index (χ0) is 20.0. The first-order chi connectivity index (χ1) is 13.7. The average molecular weight is 378 g/mol. The third-order valence-corrected chi connectivity index (χ3v) is 4.85. The molecule has 0 unspecified atom stereocenters. The summed E-state index contributed by atoms with van der Waals surface area (Å²) in [5.41, 5.74) is 2.29. The monoisotopic (exact) mass is 378 g/mol. The van der Waals surface area contributed by atoms with Crippen LogP contribution >= 0.6 is 0 Å². The molecule has 0 fully saturated rings. The van der Waals surface area contributed by atoms with Crippen LogP contribution in [0.25, 0.3) is 0 Å². The molecule has 0 saturated carbocycles. The van der Waals surface area contributed by atoms with Gasteiger partial charge >= 0.3 is 0 Å². The lowest BCUT2D eigenvalue weighted by molar-refractivity contribution is 0.0215. The summed E-state index contributed by atoms with van der Waals surface area (Å²) in [7, 11) is 4.99. The van der Waals surface area contributed by atoms with Gasteiger partial charge in [0, 0.05) is 6.61 Å². The molecule has 0 saturated heterocycles. The smallest absolute Gasteiger partial charge is 0.143 e. The molecule has 0 bridgehead atoms. The van der Waals surface area contributed by atoms with E-state index in [1.165, 1.54) is 0 Å². The van der Waals surface area contributed by atoms with Crippen molar-refractivity contribution in [2.45, 2.75) is 12.5 Å². The van der Waals surface area contributed by atoms with Gasteiger partial charge in [-0.3, -0.25) is 0 Å². The van der Waals surface area contributed by atoms with Crippen LogP contribution in [0, 0.1) is 0 Å². The quantitative estimate of drug-likeness (QED) is 0.515. The molecule has 4 heteroatoms. The second kappa shape index (κ2) is 8.81. The summed E-state index contributed by atoms with van der Waals surface area (Å²) >= 11 is 0. The fourth-order valence-corrected chi connectivity index (χ4v) is 3.44. The largest absolute Gasteiger partial charge is 0.497 e. The molecule has 0 radical (unpaired) electrons. The van der Waals surface area contributed by atoms with Crippen LogP contribution in [0.1, 0.15) is 23.6 Å². The van der Waals surface area contributed by atoms with Crippen molar-refractivity contribution in [3.63, 3.8) is 0 Å². The Labute approximate surface area is 166 Å². The van der Waals surface area contributed by atoms with Gasteiger partial charge in [-0.05, 0) is 60.0 Å². The van der Waals surface area contributed by atoms with Crippen molar-refractivity contribution in [1.82, 2.24) is 0 Å². The Bertz CT molecular complexity index is 752. The summed E-state index contributed by atoms with van der Waals surface area (Å²) in [5.74, 6) is 2.41. The Hall–Kier alpha value is -2.98. The van der Waals surface area contributed by atoms with Gasteiger partial charge in [-0.25, -0.2) is 0 Å². The molecule has 0 spiro atoms. The Morgan fingerprint density at radius 2 is 0.821 bits per heavy atom. The Balaban J connectivity index is 2.23. The molecule has 0 N–H and O–H groups in total. The van der Waals surface area contributed by atoms with E-state index in [-0.39, 0.29) is 0 Å². The summed E-state index contributed by atoms with van der Waals surface area (Å²) in [6.45, 7) is 2.55. The van der Waals surface area contributed by atoms with Gasteiger partial charge in [-0.15, -0.1) is 0 Å². The van der Waals surface area contributed by atoms with E-state index in [0.717, 1.165) is 33.9 Å². The van der Waals surface area contributed by atoms with Gasteiger partial charge in [0.1, 0.15) is 22.8 Å². The van der Waals surface area contributed by atoms with Crippen LogP contribution in [0.4, 0.5) is 0 Å². The third-order valence-electron chi connectivity index (χ3n) is 4.85. The fraction of sp³-hybridized carbons (Fsp3) is 0.250. The zero-order valence-corrected chi connectivity index (χ0v) is 16.8. The van der Waals surface area contributed by atoms with E-state index in [1.54, 1.807) is 21.3 Å². The molecule has 146 valence electrons. The summed E-state index contributed by atoms with van der Waals surface area (Å²) in [5, 5.41) is 0. The number of benzene rings is 3. The van der Waals surface area contributed by atoms with Crippen molar-refractivity contribution >= 4 is 0 Å². The predicted octanol–water partition coefficient (Wildman–Crippen LogP) is 5.04. The minimum absolute atomic E-state index is 0.546. The molecular formula is C24H26O4. The molecule has 4 nitrogen and oxygen atoms in total. The van der Waals surface area contributed by atoms with Crippen LogP contribution < -0.4 is 14.2 Å². The maximum Gasteiger partial charge on any atom is 0.143 e. The molecule has 3 aromatic carbocycles. The van der Waals surface area contributed by atoms with Gasteiger partial charge in [0.25, 0.3) is 0 Å². The van der Waals surface area contributed by atoms with E-state index in [1.807, 2.05) is 79.7 Å². The molecule has 0 amide bonds. The first-order valence-electron chi connectivity index (χ1n) is 9.25. The van der Waals surface area contributed by atoms with Gasteiger partial charge in [-0.1, -0.05) is 36.4 Å². The lowest BCUT2D eigenvalue weighted by atomic mass is 9.80. The molecule has 0 aliphatic carbocycles. The fourth-order valence-electron chi connectivity index (χ4n) is 3.44. The van der Waals surface area contributed by atoms with Crippen molar-refractivity contribution in [3.8, 4) is 17.2 Å². The van der Waals surface area contributed by atoms with E-state index < -0.39 is 5.60 Å². The normalized spacial score (nSPS) is 11.1. The highest BCUT2D eigenvalue weighted by Crippen LogP contribution is 2.42. The predicted molar refractivity (Wildman–Crippen MR) is 110 cm³/mol. The van der Waals surface area contributed by atoms with Gasteiger partial charge in [0.2, 0.25) is 0 Å². The third kappa shape index (κ3) is 3.69. The van der Waals surface area contributed by atoms with Crippen molar-refractivity contribution < 1.29 is 18.9 Å². The van der Waals surface area contributed by atoms with Gasteiger partial charge in [-0.2, -0.15) is 0 Å². The lowest BCUT2D eigenvalue weighted by Gasteiger charge is -2.35. The van der Waals surface area contributed by atoms with Crippen molar-refractivity contribution in [2.24, 2.45) is 0 Å². The molecular weight excluding hydrogens is 352 g/mol. The van der Waals surface area contributed by atoms with Gasteiger partial charge in [0.15, 0.2) is 0 Å². The topological polar surface area (TPSA) is 36.9 Å². The number of rotatable bonds is 8. The Kier molecular flexibility index (Phi) is 6.22. The van der Waals surface area contributed by atoms with Crippen LogP contribution in [-0.2, 0) is 10.3 Å². The lowest BCUT2D eigenvalue weighted by Crippen LogP contribution is -2.33. The number of hydrogen-bond acceptors (Lipinski definition) is 4. The van der Waals surface area contributed by atoms with Crippen LogP contribution in [0.5, 0.6) is 17.2 Å². The van der Waals surface area contributed by atoms with Gasteiger partial charge in [0.05, 0.1) is 21.3 Å². The zero-order valence-electron chi connectivity index (χ0n) is 16.8. The van der Waals surface area contributed by atoms with Crippen LogP contribution in [0.3, 0.4) is 0 Å². The van der Waals surface area contributed by atoms with Crippen LogP contribution in [0.2, 0.25) is 0 Å². The van der Waals surface area contributed by atoms with Crippen molar-refractivity contribution in [1.29, 1.82) is 0 Å². The minimum Gasteiger partial charge on any atom is -0.497 e.